The monoisotopic (exact) mass is 1510 g/mol. The van der Waals surface area contributed by atoms with Gasteiger partial charge in [-0.05, 0) is 161 Å². The molecule has 0 unspecified atom stereocenters. The fourth-order valence-electron chi connectivity index (χ4n) is 17.0. The van der Waals surface area contributed by atoms with Crippen molar-refractivity contribution < 1.29 is 8.83 Å². The normalized spacial score (nSPS) is 11.8. The van der Waals surface area contributed by atoms with Gasteiger partial charge in [-0.1, -0.05) is 303 Å². The number of furan rings is 2. The number of fused-ring (bicyclic) bond motifs is 13. The first-order valence-corrected chi connectivity index (χ1v) is 40.5. The van der Waals surface area contributed by atoms with E-state index in [1.165, 1.54) is 68.8 Å². The second kappa shape index (κ2) is 27.5. The van der Waals surface area contributed by atoms with E-state index in [9.17, 15) is 0 Å². The first-order valence-electron chi connectivity index (χ1n) is 38.8. The lowest BCUT2D eigenvalue weighted by Gasteiger charge is -2.17. The summed E-state index contributed by atoms with van der Waals surface area (Å²) in [6, 6.07) is 133. The van der Waals surface area contributed by atoms with Gasteiger partial charge < -0.3 is 8.83 Å². The second-order valence-corrected chi connectivity index (χ2v) is 31.7. The van der Waals surface area contributed by atoms with Crippen LogP contribution in [0.3, 0.4) is 0 Å². The molecule has 6 aromatic heterocycles. The van der Waals surface area contributed by atoms with Crippen LogP contribution in [0.5, 0.6) is 0 Å². The first-order chi connectivity index (χ1) is 57.4. The topological polar surface area (TPSA) is 104 Å². The minimum absolute atomic E-state index is 0.530. The third-order valence-corrected chi connectivity index (χ3v) is 24.9. The number of rotatable bonds is 13. The number of benzene rings is 17. The van der Waals surface area contributed by atoms with Crippen molar-refractivity contribution in [1.82, 2.24) is 29.9 Å². The van der Waals surface area contributed by atoms with Gasteiger partial charge in [0.2, 0.25) is 0 Å². The Hall–Kier alpha value is -14.9. The maximum Gasteiger partial charge on any atom is 0.167 e. The highest BCUT2D eigenvalue weighted by atomic mass is 32.1. The molecule has 10 heteroatoms. The van der Waals surface area contributed by atoms with Crippen molar-refractivity contribution >= 4 is 118 Å². The van der Waals surface area contributed by atoms with E-state index in [2.05, 4.69) is 334 Å². The molecule has 0 spiro atoms. The van der Waals surface area contributed by atoms with Crippen LogP contribution in [0.4, 0.5) is 0 Å². The molecule has 0 saturated carbocycles. The molecule has 0 radical (unpaired) electrons. The van der Waals surface area contributed by atoms with E-state index in [4.69, 9.17) is 38.7 Å². The molecule has 0 bridgehead atoms. The van der Waals surface area contributed by atoms with Crippen LogP contribution in [0.1, 0.15) is 0 Å². The van der Waals surface area contributed by atoms with Crippen LogP contribution in [0, 0.1) is 0 Å². The summed E-state index contributed by atoms with van der Waals surface area (Å²) in [6.07, 6.45) is 0. The molecule has 0 atom stereocenters. The lowest BCUT2D eigenvalue weighted by Crippen LogP contribution is -2.00. The van der Waals surface area contributed by atoms with Crippen molar-refractivity contribution in [2.24, 2.45) is 0 Å². The second-order valence-electron chi connectivity index (χ2n) is 29.5. The molecule has 0 N–H and O–H groups in total. The maximum absolute atomic E-state index is 7.03. The molecule has 0 fully saturated rings. The van der Waals surface area contributed by atoms with Crippen LogP contribution < -0.4 is 0 Å². The molecule has 0 aliphatic carbocycles. The summed E-state index contributed by atoms with van der Waals surface area (Å²) >= 11 is 3.58. The number of hydrogen-bond donors (Lipinski definition) is 0. The Kier molecular flexibility index (Phi) is 15.8. The van der Waals surface area contributed by atoms with E-state index in [1.54, 1.807) is 22.7 Å². The summed E-state index contributed by atoms with van der Waals surface area (Å²) in [7, 11) is 0. The molecule has 17 aromatic carbocycles. The predicted octanol–water partition coefficient (Wildman–Crippen LogP) is 29.4. The molecular weight excluding hydrogens is 1450 g/mol. The standard InChI is InChI=1S/C106H62N6O2S2/c1-5-20-63(21-6-1)73-47-53-82-90-59-75(51-57-94(90)115-95(82)61-73)103-108-102(110-106(111-103)88-36-18-34-86-98-79(67-22-7-2-8-23-67)32-19-37-91(98)113-100(86)88)71-44-42-65(43-45-71)64-38-40-66(41-39-64)72-50-56-93-89(58-72)83-54-49-76(62-96(83)116-93)104-107-101(70-27-11-4-12-28-70)109-105(112-104)87-35-17-33-85-81-52-48-74(60-92(81)114-99(85)87)77-29-15-16-31-80(77)84-55-46-68-24-13-14-30-78(68)97(84)69-25-9-3-10-26-69/h1-62H. The van der Waals surface area contributed by atoms with Crippen molar-refractivity contribution in [2.75, 3.05) is 0 Å². The minimum Gasteiger partial charge on any atom is -0.455 e. The van der Waals surface area contributed by atoms with Crippen molar-refractivity contribution in [3.8, 4) is 146 Å². The third-order valence-electron chi connectivity index (χ3n) is 22.7. The molecule has 0 aliphatic heterocycles. The van der Waals surface area contributed by atoms with E-state index in [0.717, 1.165) is 137 Å². The molecule has 0 amide bonds. The van der Waals surface area contributed by atoms with Gasteiger partial charge in [0.25, 0.3) is 0 Å². The Labute approximate surface area is 673 Å². The largest absolute Gasteiger partial charge is 0.455 e. The summed E-state index contributed by atoms with van der Waals surface area (Å²) in [5, 5.41) is 11.2. The summed E-state index contributed by atoms with van der Waals surface area (Å²) in [4.78, 5) is 31.7. The Balaban J connectivity index is 0.554. The van der Waals surface area contributed by atoms with Gasteiger partial charge in [0.15, 0.2) is 34.9 Å². The molecule has 8 nitrogen and oxygen atoms in total. The SMILES string of the molecule is c1ccc(-c2ccc3c(c2)sc2ccc(-c4nc(-c5ccc(-c6ccc(-c7ccc8sc9cc(-c%10nc(-c%11ccccc%11)nc(-c%11cccc%12c%11oc%11cc(-c%13ccccc%13-c%13ccc%14ccccc%14c%13-c%13ccccc%13)ccc%11%12)n%10)ccc9c8c7)cc6)cc5)nc(-c5cccc6c5oc5cccc(-c7ccccc7)c56)n4)cc23)cc1. The number of para-hydroxylation sites is 2. The van der Waals surface area contributed by atoms with Crippen LogP contribution in [0.25, 0.3) is 241 Å². The molecule has 23 aromatic rings. The van der Waals surface area contributed by atoms with Crippen LogP contribution in [0.15, 0.2) is 385 Å². The number of thiophene rings is 2. The molecule has 6 heterocycles. The van der Waals surface area contributed by atoms with Crippen molar-refractivity contribution in [1.29, 1.82) is 0 Å². The summed E-state index contributed by atoms with van der Waals surface area (Å²) in [6.45, 7) is 0. The number of aromatic nitrogens is 6. The lowest BCUT2D eigenvalue weighted by atomic mass is 9.86. The third kappa shape index (κ3) is 11.6. The zero-order valence-electron chi connectivity index (χ0n) is 62.1. The Morgan fingerprint density at radius 2 is 0.586 bits per heavy atom. The number of nitrogens with zero attached hydrogens (tertiary/aromatic N) is 6. The Morgan fingerprint density at radius 3 is 1.25 bits per heavy atom. The van der Waals surface area contributed by atoms with Crippen LogP contribution >= 0.6 is 22.7 Å². The van der Waals surface area contributed by atoms with Crippen molar-refractivity contribution in [3.05, 3.63) is 376 Å². The Bertz CT molecular complexity index is 7870. The van der Waals surface area contributed by atoms with Gasteiger partial charge in [-0.2, -0.15) is 0 Å². The smallest absolute Gasteiger partial charge is 0.167 e. The summed E-state index contributed by atoms with van der Waals surface area (Å²) in [5.74, 6) is 3.36. The molecule has 540 valence electrons. The zero-order valence-corrected chi connectivity index (χ0v) is 63.7. The average molecular weight is 1520 g/mol. The molecule has 0 saturated heterocycles. The van der Waals surface area contributed by atoms with Gasteiger partial charge in [-0.3, -0.25) is 0 Å². The minimum atomic E-state index is 0.530. The average Bonchev–Trinajstić information content (AvgIpc) is 1.56. The predicted molar refractivity (Wildman–Crippen MR) is 482 cm³/mol. The van der Waals surface area contributed by atoms with Gasteiger partial charge in [-0.25, -0.2) is 29.9 Å². The Morgan fingerprint density at radius 1 is 0.181 bits per heavy atom. The lowest BCUT2D eigenvalue weighted by molar-refractivity contribution is 0.669. The fraction of sp³-hybridized carbons (Fsp3) is 0. The van der Waals surface area contributed by atoms with Crippen LogP contribution in [0.2, 0.25) is 0 Å². The van der Waals surface area contributed by atoms with Gasteiger partial charge in [-0.15, -0.1) is 22.7 Å². The highest BCUT2D eigenvalue weighted by Crippen LogP contribution is 2.48. The van der Waals surface area contributed by atoms with Crippen molar-refractivity contribution in [2.45, 2.75) is 0 Å². The maximum atomic E-state index is 7.03. The highest BCUT2D eigenvalue weighted by Gasteiger charge is 2.25. The summed E-state index contributed by atoms with van der Waals surface area (Å²) in [5.41, 5.74) is 24.1. The van der Waals surface area contributed by atoms with Crippen LogP contribution in [-0.2, 0) is 0 Å². The van der Waals surface area contributed by atoms with Crippen LogP contribution in [-0.4, -0.2) is 29.9 Å². The first kappa shape index (κ1) is 66.8. The van der Waals surface area contributed by atoms with E-state index >= 15 is 0 Å². The van der Waals surface area contributed by atoms with Gasteiger partial charge in [0, 0.05) is 84.1 Å². The van der Waals surface area contributed by atoms with Gasteiger partial charge in [0.05, 0.1) is 11.1 Å². The van der Waals surface area contributed by atoms with E-state index in [-0.39, 0.29) is 0 Å². The molecule has 0 aliphatic rings. The fourth-order valence-corrected chi connectivity index (χ4v) is 19.2. The molecular formula is C106H62N6O2S2. The molecule has 23 rings (SSSR count). The quantitative estimate of drug-likeness (QED) is 0.112. The molecule has 116 heavy (non-hydrogen) atoms. The van der Waals surface area contributed by atoms with Crippen molar-refractivity contribution in [3.63, 3.8) is 0 Å². The summed E-state index contributed by atoms with van der Waals surface area (Å²) < 4.78 is 18.7. The van der Waals surface area contributed by atoms with E-state index in [0.29, 0.717) is 34.9 Å². The van der Waals surface area contributed by atoms with E-state index in [1.807, 2.05) is 42.5 Å². The van der Waals surface area contributed by atoms with E-state index < -0.39 is 0 Å². The van der Waals surface area contributed by atoms with Gasteiger partial charge in [0.1, 0.15) is 22.3 Å². The number of hydrogen-bond acceptors (Lipinski definition) is 10. The zero-order chi connectivity index (χ0) is 76.3. The van der Waals surface area contributed by atoms with Gasteiger partial charge >= 0.3 is 0 Å². The highest BCUT2D eigenvalue weighted by molar-refractivity contribution is 7.26.